The molecule has 17 heavy (non-hydrogen) atoms. The number of pyridine rings is 1. The van der Waals surface area contributed by atoms with Crippen molar-refractivity contribution in [3.8, 4) is 0 Å². The Morgan fingerprint density at radius 3 is 2.65 bits per heavy atom. The molecule has 0 saturated heterocycles. The van der Waals surface area contributed by atoms with Gasteiger partial charge in [-0.2, -0.15) is 0 Å². The first-order valence-corrected chi connectivity index (χ1v) is 4.68. The summed E-state index contributed by atoms with van der Waals surface area (Å²) in [6.07, 6.45) is 4.44. The van der Waals surface area contributed by atoms with Gasteiger partial charge in [-0.15, -0.1) is 0 Å². The van der Waals surface area contributed by atoms with Crippen LogP contribution in [0.4, 0.5) is 17.2 Å². The average Bonchev–Trinajstić information content (AvgIpc) is 2.33. The molecule has 0 saturated carbocycles. The van der Waals surface area contributed by atoms with E-state index in [1.807, 2.05) is 0 Å². The van der Waals surface area contributed by atoms with Gasteiger partial charge in [0, 0.05) is 0 Å². The van der Waals surface area contributed by atoms with E-state index in [1.54, 1.807) is 0 Å². The highest BCUT2D eigenvalue weighted by Gasteiger charge is 2.08. The first-order chi connectivity index (χ1) is 8.16. The van der Waals surface area contributed by atoms with E-state index < -0.39 is 5.97 Å². The summed E-state index contributed by atoms with van der Waals surface area (Å²) in [5.41, 5.74) is 6.52. The van der Waals surface area contributed by atoms with Crippen molar-refractivity contribution >= 4 is 23.2 Å². The van der Waals surface area contributed by atoms with Gasteiger partial charge < -0.3 is 16.2 Å². The zero-order valence-electron chi connectivity index (χ0n) is 8.66. The number of carbonyl (C=O) groups is 1. The van der Waals surface area contributed by atoms with Crippen LogP contribution < -0.4 is 11.1 Å². The zero-order valence-corrected chi connectivity index (χ0v) is 8.66. The molecule has 2 aromatic heterocycles. The molecule has 0 aliphatic rings. The second-order valence-corrected chi connectivity index (χ2v) is 3.19. The van der Waals surface area contributed by atoms with Crippen LogP contribution in [0.3, 0.4) is 0 Å². The van der Waals surface area contributed by atoms with E-state index in [0.717, 1.165) is 0 Å². The highest BCUT2D eigenvalue weighted by atomic mass is 16.4. The van der Waals surface area contributed by atoms with E-state index in [1.165, 1.54) is 30.9 Å². The van der Waals surface area contributed by atoms with Gasteiger partial charge in [-0.3, -0.25) is 0 Å². The van der Waals surface area contributed by atoms with Gasteiger partial charge in [0.2, 0.25) is 0 Å². The van der Waals surface area contributed by atoms with Crippen molar-refractivity contribution in [2.24, 2.45) is 0 Å². The lowest BCUT2D eigenvalue weighted by Gasteiger charge is -2.07. The second kappa shape index (κ2) is 4.44. The summed E-state index contributed by atoms with van der Waals surface area (Å²) in [5.74, 6) is -0.850. The van der Waals surface area contributed by atoms with Gasteiger partial charge in [0.15, 0.2) is 11.5 Å². The Hall–Kier alpha value is -2.70. The van der Waals surface area contributed by atoms with Crippen LogP contribution in [0.1, 0.15) is 10.5 Å². The maximum atomic E-state index is 10.8. The first kappa shape index (κ1) is 10.8. The van der Waals surface area contributed by atoms with Gasteiger partial charge in [-0.1, -0.05) is 0 Å². The van der Waals surface area contributed by atoms with Crippen LogP contribution in [-0.2, 0) is 0 Å². The third kappa shape index (κ3) is 2.46. The minimum absolute atomic E-state index is 0.0847. The molecule has 2 rings (SSSR count). The highest BCUT2D eigenvalue weighted by molar-refractivity contribution is 5.87. The molecule has 7 heteroatoms. The van der Waals surface area contributed by atoms with E-state index in [2.05, 4.69) is 20.3 Å². The van der Waals surface area contributed by atoms with Gasteiger partial charge in [0.1, 0.15) is 6.33 Å². The number of nitrogen functional groups attached to an aromatic ring is 1. The molecule has 0 aliphatic carbocycles. The summed E-state index contributed by atoms with van der Waals surface area (Å²) in [4.78, 5) is 22.3. The summed E-state index contributed by atoms with van der Waals surface area (Å²) < 4.78 is 0. The molecule has 0 bridgehead atoms. The summed E-state index contributed by atoms with van der Waals surface area (Å²) in [7, 11) is 0. The fourth-order valence-electron chi connectivity index (χ4n) is 1.19. The fraction of sp³-hybridized carbons (Fsp3) is 0. The molecule has 7 nitrogen and oxygen atoms in total. The van der Waals surface area contributed by atoms with E-state index in [9.17, 15) is 4.79 Å². The Balaban J connectivity index is 2.32. The average molecular weight is 231 g/mol. The van der Waals surface area contributed by atoms with Crippen LogP contribution in [-0.4, -0.2) is 26.0 Å². The molecule has 0 aromatic carbocycles. The maximum absolute atomic E-state index is 10.8. The number of nitrogens with zero attached hydrogens (tertiary/aromatic N) is 3. The fourth-order valence-corrected chi connectivity index (χ4v) is 1.19. The van der Waals surface area contributed by atoms with Gasteiger partial charge in [0.25, 0.3) is 0 Å². The molecule has 0 unspecified atom stereocenters. The summed E-state index contributed by atoms with van der Waals surface area (Å²) >= 11 is 0. The quantitative estimate of drug-likeness (QED) is 0.718. The van der Waals surface area contributed by atoms with Gasteiger partial charge in [-0.25, -0.2) is 19.7 Å². The van der Waals surface area contributed by atoms with E-state index in [4.69, 9.17) is 10.8 Å². The van der Waals surface area contributed by atoms with Crippen LogP contribution in [0.2, 0.25) is 0 Å². The van der Waals surface area contributed by atoms with Crippen LogP contribution >= 0.6 is 0 Å². The zero-order chi connectivity index (χ0) is 12.3. The minimum atomic E-state index is -1.11. The number of rotatable bonds is 3. The molecule has 4 N–H and O–H groups in total. The largest absolute Gasteiger partial charge is 0.477 e. The second-order valence-electron chi connectivity index (χ2n) is 3.19. The molecule has 86 valence electrons. The van der Waals surface area contributed by atoms with Gasteiger partial charge >= 0.3 is 5.97 Å². The number of hydrogen-bond acceptors (Lipinski definition) is 6. The van der Waals surface area contributed by atoms with Crippen LogP contribution in [0.15, 0.2) is 30.9 Å². The van der Waals surface area contributed by atoms with Crippen LogP contribution in [0.5, 0.6) is 0 Å². The van der Waals surface area contributed by atoms with Crippen molar-refractivity contribution in [3.63, 3.8) is 0 Å². The number of hydrogen-bond donors (Lipinski definition) is 3. The van der Waals surface area contributed by atoms with Crippen molar-refractivity contribution in [3.05, 3.63) is 36.5 Å². The van der Waals surface area contributed by atoms with Crippen molar-refractivity contribution in [1.82, 2.24) is 15.0 Å². The normalized spacial score (nSPS) is 9.88. The Labute approximate surface area is 96.4 Å². The number of nitrogens with one attached hydrogen (secondary N) is 1. The molecule has 0 radical (unpaired) electrons. The van der Waals surface area contributed by atoms with Crippen LogP contribution in [0, 0.1) is 0 Å². The molecule has 0 atom stereocenters. The van der Waals surface area contributed by atoms with Crippen molar-refractivity contribution in [1.29, 1.82) is 0 Å². The number of carboxylic acids is 1. The highest BCUT2D eigenvalue weighted by Crippen LogP contribution is 2.19. The standard InChI is InChI=1S/C10H9N5O2/c11-7-1-2-8(10(16)17)15-9(7)14-6-3-12-5-13-4-6/h1-5H,11H2,(H,14,15)(H,16,17). The molecule has 2 aromatic rings. The Kier molecular flexibility index (Phi) is 2.82. The van der Waals surface area contributed by atoms with Gasteiger partial charge in [-0.05, 0) is 12.1 Å². The van der Waals surface area contributed by atoms with E-state index in [-0.39, 0.29) is 11.5 Å². The SMILES string of the molecule is Nc1ccc(C(=O)O)nc1Nc1cncnc1. The smallest absolute Gasteiger partial charge is 0.354 e. The number of nitrogens with two attached hydrogens (primary N) is 1. The lowest BCUT2D eigenvalue weighted by molar-refractivity contribution is 0.0690. The molecule has 0 fully saturated rings. The lowest BCUT2D eigenvalue weighted by Crippen LogP contribution is -2.06. The minimum Gasteiger partial charge on any atom is -0.477 e. The van der Waals surface area contributed by atoms with E-state index in [0.29, 0.717) is 11.4 Å². The number of carboxylic acid groups (broad SMARTS) is 1. The third-order valence-corrected chi connectivity index (χ3v) is 1.97. The molecular weight excluding hydrogens is 222 g/mol. The monoisotopic (exact) mass is 231 g/mol. The van der Waals surface area contributed by atoms with Gasteiger partial charge in [0.05, 0.1) is 23.8 Å². The molecular formula is C10H9N5O2. The van der Waals surface area contributed by atoms with Crippen molar-refractivity contribution in [2.45, 2.75) is 0 Å². The predicted molar refractivity (Wildman–Crippen MR) is 60.9 cm³/mol. The molecule has 2 heterocycles. The number of aromatic nitrogens is 3. The Bertz CT molecular complexity index is 544. The summed E-state index contributed by atoms with van der Waals surface area (Å²) in [6, 6.07) is 2.81. The topological polar surface area (TPSA) is 114 Å². The lowest BCUT2D eigenvalue weighted by atomic mass is 10.3. The summed E-state index contributed by atoms with van der Waals surface area (Å²) in [6.45, 7) is 0. The maximum Gasteiger partial charge on any atom is 0.354 e. The Morgan fingerprint density at radius 2 is 2.00 bits per heavy atom. The molecule has 0 amide bonds. The summed E-state index contributed by atoms with van der Waals surface area (Å²) in [5, 5.41) is 11.7. The third-order valence-electron chi connectivity index (χ3n) is 1.97. The van der Waals surface area contributed by atoms with E-state index >= 15 is 0 Å². The molecule has 0 aliphatic heterocycles. The predicted octanol–water partition coefficient (Wildman–Crippen LogP) is 0.896. The molecule has 0 spiro atoms. The van der Waals surface area contributed by atoms with Crippen LogP contribution in [0.25, 0.3) is 0 Å². The van der Waals surface area contributed by atoms with Crippen molar-refractivity contribution in [2.75, 3.05) is 11.1 Å². The number of anilines is 3. The Morgan fingerprint density at radius 1 is 1.29 bits per heavy atom. The number of aromatic carboxylic acids is 1. The first-order valence-electron chi connectivity index (χ1n) is 4.68. The van der Waals surface area contributed by atoms with Crippen molar-refractivity contribution < 1.29 is 9.90 Å².